The summed E-state index contributed by atoms with van der Waals surface area (Å²) in [6.07, 6.45) is 0.735. The van der Waals surface area contributed by atoms with Crippen LogP contribution < -0.4 is 11.1 Å². The van der Waals surface area contributed by atoms with Crippen molar-refractivity contribution in [1.82, 2.24) is 10.6 Å². The Morgan fingerprint density at radius 3 is 2.89 bits per heavy atom. The Hall–Kier alpha value is -1.20. The van der Waals surface area contributed by atoms with Crippen molar-refractivity contribution in [3.8, 4) is 0 Å². The molecule has 2 aliphatic rings. The Bertz CT molecular complexity index is 471. The standard InChI is InChI=1S/C13H16N3OS/c14-10-3-1-2-9-8-11(13(17)15-12(9)10)16-4-6-18-7-5-16/h1-3,11,14H,4-8H2,(H,15,17). The molecule has 95 valence electrons. The average molecular weight is 262 g/mol. The van der Waals surface area contributed by atoms with Gasteiger partial charge in [0, 0.05) is 24.6 Å². The Morgan fingerprint density at radius 1 is 1.33 bits per heavy atom. The molecule has 3 rings (SSSR count). The van der Waals surface area contributed by atoms with Crippen LogP contribution in [0.5, 0.6) is 0 Å². The van der Waals surface area contributed by atoms with Crippen LogP contribution in [0.1, 0.15) is 5.56 Å². The zero-order valence-corrected chi connectivity index (χ0v) is 10.9. The molecule has 18 heavy (non-hydrogen) atoms. The van der Waals surface area contributed by atoms with E-state index in [0.717, 1.165) is 36.6 Å². The number of rotatable bonds is 1. The highest BCUT2D eigenvalue weighted by atomic mass is 32.2. The molecule has 4 nitrogen and oxygen atoms in total. The molecule has 1 unspecified atom stereocenters. The van der Waals surface area contributed by atoms with Gasteiger partial charge >= 0.3 is 0 Å². The van der Waals surface area contributed by atoms with Crippen LogP contribution in [0.25, 0.3) is 0 Å². The van der Waals surface area contributed by atoms with Crippen LogP contribution in [0, 0.1) is 0 Å². The molecule has 2 N–H and O–H groups in total. The molecular formula is C13H16N3OS. The summed E-state index contributed by atoms with van der Waals surface area (Å²) in [5.74, 6) is 2.26. The molecule has 0 spiro atoms. The van der Waals surface area contributed by atoms with Crippen LogP contribution in [-0.2, 0) is 11.2 Å². The topological polar surface area (TPSA) is 56.1 Å². The number of hydrogen-bond acceptors (Lipinski definition) is 3. The van der Waals surface area contributed by atoms with Crippen LogP contribution in [0.15, 0.2) is 18.2 Å². The minimum Gasteiger partial charge on any atom is -0.323 e. The third-order valence-electron chi connectivity index (χ3n) is 3.60. The normalized spacial score (nSPS) is 24.4. The number of anilines is 1. The highest BCUT2D eigenvalue weighted by molar-refractivity contribution is 7.99. The second-order valence-electron chi connectivity index (χ2n) is 4.70. The van der Waals surface area contributed by atoms with Crippen molar-refractivity contribution in [1.29, 1.82) is 0 Å². The average Bonchev–Trinajstić information content (AvgIpc) is 2.40. The van der Waals surface area contributed by atoms with E-state index in [1.54, 1.807) is 6.07 Å². The van der Waals surface area contributed by atoms with E-state index in [1.807, 2.05) is 23.9 Å². The third-order valence-corrected chi connectivity index (χ3v) is 4.54. The molecular weight excluding hydrogens is 246 g/mol. The first-order valence-corrected chi connectivity index (χ1v) is 7.37. The molecule has 1 atom stereocenters. The number of thioether (sulfide) groups is 1. The number of hydrogen-bond donors (Lipinski definition) is 1. The van der Waals surface area contributed by atoms with E-state index in [2.05, 4.69) is 10.2 Å². The van der Waals surface area contributed by atoms with Gasteiger partial charge in [0.1, 0.15) is 0 Å². The van der Waals surface area contributed by atoms with Gasteiger partial charge in [-0.05, 0) is 18.1 Å². The molecule has 0 aromatic heterocycles. The SMILES string of the molecule is [NH]c1cccc2c1NC(=O)C(N1CCSCC1)C2. The number of carbonyl (C=O) groups excluding carboxylic acids is 1. The van der Waals surface area contributed by atoms with Crippen molar-refractivity contribution in [3.63, 3.8) is 0 Å². The fraction of sp³-hybridized carbons (Fsp3) is 0.462. The first kappa shape index (κ1) is 11.9. The van der Waals surface area contributed by atoms with Crippen molar-refractivity contribution in [2.45, 2.75) is 12.5 Å². The number of benzene rings is 1. The molecule has 1 amide bonds. The van der Waals surface area contributed by atoms with Gasteiger partial charge in [-0.2, -0.15) is 11.8 Å². The third kappa shape index (κ3) is 2.08. The molecule has 1 aromatic carbocycles. The summed E-state index contributed by atoms with van der Waals surface area (Å²) in [4.78, 5) is 14.4. The van der Waals surface area contributed by atoms with E-state index < -0.39 is 0 Å². The number of carbonyl (C=O) groups is 1. The van der Waals surface area contributed by atoms with Crippen LogP contribution in [0.2, 0.25) is 0 Å². The molecule has 1 aromatic rings. The summed E-state index contributed by atoms with van der Waals surface area (Å²) in [6.45, 7) is 1.97. The maximum absolute atomic E-state index is 12.2. The molecule has 5 heteroatoms. The zero-order valence-electron chi connectivity index (χ0n) is 10.1. The van der Waals surface area contributed by atoms with E-state index >= 15 is 0 Å². The predicted molar refractivity (Wildman–Crippen MR) is 74.2 cm³/mol. The van der Waals surface area contributed by atoms with Gasteiger partial charge < -0.3 is 5.32 Å². The first-order chi connectivity index (χ1) is 8.75. The van der Waals surface area contributed by atoms with Crippen molar-refractivity contribution in [3.05, 3.63) is 23.8 Å². The lowest BCUT2D eigenvalue weighted by atomic mass is 9.97. The number of amides is 1. The van der Waals surface area contributed by atoms with E-state index in [9.17, 15) is 4.79 Å². The fourth-order valence-electron chi connectivity index (χ4n) is 2.61. The van der Waals surface area contributed by atoms with Gasteiger partial charge in [-0.1, -0.05) is 12.1 Å². The molecule has 2 heterocycles. The predicted octanol–water partition coefficient (Wildman–Crippen LogP) is 1.51. The summed E-state index contributed by atoms with van der Waals surface area (Å²) in [5, 5.41) is 2.90. The number of nitrogens with zero attached hydrogens (tertiary/aromatic N) is 1. The quantitative estimate of drug-likeness (QED) is 0.834. The van der Waals surface area contributed by atoms with E-state index in [0.29, 0.717) is 11.4 Å². The smallest absolute Gasteiger partial charge is 0.242 e. The summed E-state index contributed by atoms with van der Waals surface area (Å²) < 4.78 is 0. The van der Waals surface area contributed by atoms with Crippen LogP contribution in [0.3, 0.4) is 0 Å². The van der Waals surface area contributed by atoms with Gasteiger partial charge in [-0.25, -0.2) is 0 Å². The summed E-state index contributed by atoms with van der Waals surface area (Å²) >= 11 is 1.95. The van der Waals surface area contributed by atoms with Gasteiger partial charge in [0.05, 0.1) is 17.4 Å². The fourth-order valence-corrected chi connectivity index (χ4v) is 3.54. The number of nitrogens with one attached hydrogen (secondary N) is 2. The highest BCUT2D eigenvalue weighted by Crippen LogP contribution is 2.31. The van der Waals surface area contributed by atoms with E-state index in [1.165, 1.54) is 0 Å². The van der Waals surface area contributed by atoms with Gasteiger partial charge in [-0.3, -0.25) is 15.4 Å². The van der Waals surface area contributed by atoms with E-state index in [4.69, 9.17) is 5.73 Å². The van der Waals surface area contributed by atoms with Gasteiger partial charge in [0.25, 0.3) is 0 Å². The molecule has 1 radical (unpaired) electrons. The van der Waals surface area contributed by atoms with Crippen LogP contribution in [0.4, 0.5) is 11.4 Å². The second kappa shape index (κ2) is 4.82. The van der Waals surface area contributed by atoms with Gasteiger partial charge in [0.2, 0.25) is 5.91 Å². The van der Waals surface area contributed by atoms with Gasteiger partial charge in [-0.15, -0.1) is 0 Å². The minimum atomic E-state index is -0.0554. The summed E-state index contributed by atoms with van der Waals surface area (Å²) in [5.41, 5.74) is 10.0. The lowest BCUT2D eigenvalue weighted by Gasteiger charge is -2.36. The zero-order chi connectivity index (χ0) is 12.5. The molecule has 1 fully saturated rings. The number of fused-ring (bicyclic) bond motifs is 1. The lowest BCUT2D eigenvalue weighted by molar-refractivity contribution is -0.121. The maximum Gasteiger partial charge on any atom is 0.242 e. The van der Waals surface area contributed by atoms with Crippen molar-refractivity contribution >= 4 is 29.0 Å². The number of para-hydroxylation sites is 1. The minimum absolute atomic E-state index is 0.0501. The highest BCUT2D eigenvalue weighted by Gasteiger charge is 2.32. The molecule has 2 aliphatic heterocycles. The van der Waals surface area contributed by atoms with Crippen LogP contribution in [-0.4, -0.2) is 41.4 Å². The molecule has 0 saturated carbocycles. The van der Waals surface area contributed by atoms with Gasteiger partial charge in [0.15, 0.2) is 0 Å². The largest absolute Gasteiger partial charge is 0.323 e. The summed E-state index contributed by atoms with van der Waals surface area (Å²) in [7, 11) is 0. The Balaban J connectivity index is 1.85. The van der Waals surface area contributed by atoms with Crippen molar-refractivity contribution in [2.24, 2.45) is 0 Å². The maximum atomic E-state index is 12.2. The first-order valence-electron chi connectivity index (χ1n) is 6.22. The summed E-state index contributed by atoms with van der Waals surface area (Å²) in [6, 6.07) is 5.57. The van der Waals surface area contributed by atoms with Crippen molar-refractivity contribution < 1.29 is 4.79 Å². The van der Waals surface area contributed by atoms with Crippen LogP contribution >= 0.6 is 11.8 Å². The van der Waals surface area contributed by atoms with E-state index in [-0.39, 0.29) is 11.9 Å². The Morgan fingerprint density at radius 2 is 2.11 bits per heavy atom. The monoisotopic (exact) mass is 262 g/mol. The second-order valence-corrected chi connectivity index (χ2v) is 5.92. The Labute approximate surface area is 111 Å². The lowest BCUT2D eigenvalue weighted by Crippen LogP contribution is -2.50. The molecule has 0 bridgehead atoms. The molecule has 1 saturated heterocycles. The Kier molecular flexibility index (Phi) is 3.18. The molecule has 0 aliphatic carbocycles. The van der Waals surface area contributed by atoms with Crippen molar-refractivity contribution in [2.75, 3.05) is 29.9 Å².